The second-order valence-electron chi connectivity index (χ2n) is 8.81. The molecule has 6 rings (SSSR count). The van der Waals surface area contributed by atoms with Gasteiger partial charge in [0.2, 0.25) is 0 Å². The zero-order chi connectivity index (χ0) is 23.1. The van der Waals surface area contributed by atoms with Crippen molar-refractivity contribution in [3.05, 3.63) is 144 Å². The number of benzene rings is 4. The van der Waals surface area contributed by atoms with Crippen LogP contribution >= 0.6 is 11.6 Å². The summed E-state index contributed by atoms with van der Waals surface area (Å²) in [6.07, 6.45) is 8.90. The van der Waals surface area contributed by atoms with E-state index in [4.69, 9.17) is 11.6 Å². The van der Waals surface area contributed by atoms with Gasteiger partial charge in [0.1, 0.15) is 0 Å². The molecule has 2 unspecified atom stereocenters. The number of rotatable bonds is 4. The van der Waals surface area contributed by atoms with Crippen molar-refractivity contribution in [1.29, 1.82) is 0 Å². The summed E-state index contributed by atoms with van der Waals surface area (Å²) in [4.78, 5) is 2.47. The Labute approximate surface area is 206 Å². The van der Waals surface area contributed by atoms with E-state index in [1.54, 1.807) is 0 Å². The Morgan fingerprint density at radius 3 is 2.21 bits per heavy atom. The van der Waals surface area contributed by atoms with Crippen LogP contribution in [0.25, 0.3) is 22.8 Å². The highest BCUT2D eigenvalue weighted by Gasteiger charge is 2.38. The molecule has 0 saturated heterocycles. The Bertz CT molecular complexity index is 1410. The van der Waals surface area contributed by atoms with Crippen LogP contribution in [0.1, 0.15) is 22.6 Å². The van der Waals surface area contributed by atoms with Crippen molar-refractivity contribution in [3.63, 3.8) is 0 Å². The van der Waals surface area contributed by atoms with E-state index in [0.717, 1.165) is 10.6 Å². The normalized spacial score (nSPS) is 18.3. The Kier molecular flexibility index (Phi) is 5.20. The van der Waals surface area contributed by atoms with Crippen molar-refractivity contribution in [2.75, 3.05) is 4.90 Å². The third-order valence-electron chi connectivity index (χ3n) is 6.84. The first-order valence-corrected chi connectivity index (χ1v) is 12.0. The van der Waals surface area contributed by atoms with Crippen LogP contribution in [0.5, 0.6) is 0 Å². The fourth-order valence-electron chi connectivity index (χ4n) is 5.12. The maximum absolute atomic E-state index is 6.14. The highest BCUT2D eigenvalue weighted by atomic mass is 35.5. The molecule has 1 aliphatic heterocycles. The SMILES string of the molecule is C=Cc1ccc(-c2ccc3c(c2)C2C=C(c4ccc(Cl)cc4)C=CC2N3c2ccccc2)cc1. The minimum Gasteiger partial charge on any atom is -0.333 e. The Balaban J connectivity index is 1.47. The van der Waals surface area contributed by atoms with Crippen LogP contribution < -0.4 is 4.90 Å². The summed E-state index contributed by atoms with van der Waals surface area (Å²) in [7, 11) is 0. The molecule has 0 radical (unpaired) electrons. The number of halogens is 1. The highest BCUT2D eigenvalue weighted by Crippen LogP contribution is 2.50. The van der Waals surface area contributed by atoms with Gasteiger partial charge < -0.3 is 4.90 Å². The van der Waals surface area contributed by atoms with Gasteiger partial charge in [-0.05, 0) is 69.8 Å². The van der Waals surface area contributed by atoms with Crippen LogP contribution in [0.15, 0.2) is 122 Å². The van der Waals surface area contributed by atoms with Crippen LogP contribution in [-0.4, -0.2) is 6.04 Å². The van der Waals surface area contributed by atoms with Gasteiger partial charge >= 0.3 is 0 Å². The summed E-state index contributed by atoms with van der Waals surface area (Å²) in [6, 6.07) is 34.5. The van der Waals surface area contributed by atoms with Gasteiger partial charge in [-0.2, -0.15) is 0 Å². The lowest BCUT2D eigenvalue weighted by atomic mass is 9.85. The topological polar surface area (TPSA) is 3.24 Å². The van der Waals surface area contributed by atoms with Crippen LogP contribution in [-0.2, 0) is 0 Å². The fourth-order valence-corrected chi connectivity index (χ4v) is 5.24. The molecule has 164 valence electrons. The maximum Gasteiger partial charge on any atom is 0.0630 e. The molecule has 4 aromatic rings. The molecule has 34 heavy (non-hydrogen) atoms. The molecular weight excluding hydrogens is 434 g/mol. The molecule has 0 fully saturated rings. The number of para-hydroxylation sites is 1. The molecule has 0 aromatic heterocycles. The molecule has 0 bridgehead atoms. The molecular formula is C32H24ClN. The van der Waals surface area contributed by atoms with Gasteiger partial charge in [0.15, 0.2) is 0 Å². The van der Waals surface area contributed by atoms with Crippen LogP contribution in [0.2, 0.25) is 5.02 Å². The van der Waals surface area contributed by atoms with E-state index >= 15 is 0 Å². The molecule has 0 N–H and O–H groups in total. The number of fused-ring (bicyclic) bond motifs is 3. The summed E-state index contributed by atoms with van der Waals surface area (Å²) in [6.45, 7) is 3.87. The van der Waals surface area contributed by atoms with Crippen LogP contribution in [0.3, 0.4) is 0 Å². The molecule has 0 saturated carbocycles. The number of nitrogens with zero attached hydrogens (tertiary/aromatic N) is 1. The van der Waals surface area contributed by atoms with Gasteiger partial charge in [0, 0.05) is 22.3 Å². The number of anilines is 2. The predicted octanol–water partition coefficient (Wildman–Crippen LogP) is 8.91. The van der Waals surface area contributed by atoms with Crippen molar-refractivity contribution < 1.29 is 0 Å². The average Bonchev–Trinajstić information content (AvgIpc) is 3.22. The lowest BCUT2D eigenvalue weighted by Crippen LogP contribution is -2.28. The minimum absolute atomic E-state index is 0.242. The summed E-state index contributed by atoms with van der Waals surface area (Å²) >= 11 is 6.14. The summed E-state index contributed by atoms with van der Waals surface area (Å²) in [5, 5.41) is 0.760. The average molecular weight is 458 g/mol. The first-order valence-electron chi connectivity index (χ1n) is 11.6. The smallest absolute Gasteiger partial charge is 0.0630 e. The first-order chi connectivity index (χ1) is 16.7. The molecule has 1 heterocycles. The molecule has 4 aromatic carbocycles. The summed E-state index contributed by atoms with van der Waals surface area (Å²) in [5.41, 5.74) is 9.85. The maximum atomic E-state index is 6.14. The van der Waals surface area contributed by atoms with Gasteiger partial charge in [-0.1, -0.05) is 103 Å². The first kappa shape index (κ1) is 20.8. The van der Waals surface area contributed by atoms with Gasteiger partial charge in [-0.25, -0.2) is 0 Å². The minimum atomic E-state index is 0.242. The summed E-state index contributed by atoms with van der Waals surface area (Å²) < 4.78 is 0. The van der Waals surface area contributed by atoms with Crippen molar-refractivity contribution >= 4 is 34.6 Å². The van der Waals surface area contributed by atoms with Crippen molar-refractivity contribution in [3.8, 4) is 11.1 Å². The number of hydrogen-bond acceptors (Lipinski definition) is 1. The zero-order valence-electron chi connectivity index (χ0n) is 18.7. The second kappa shape index (κ2) is 8.52. The van der Waals surface area contributed by atoms with Gasteiger partial charge in [0.05, 0.1) is 6.04 Å². The van der Waals surface area contributed by atoms with Crippen molar-refractivity contribution in [2.24, 2.45) is 0 Å². The van der Waals surface area contributed by atoms with E-state index in [0.29, 0.717) is 0 Å². The Morgan fingerprint density at radius 2 is 1.47 bits per heavy atom. The standard InChI is InChI=1S/C32H24ClN/c1-2-22-8-10-23(11-9-22)25-14-18-31-29(20-25)30-21-26(24-12-16-27(33)17-13-24)15-19-32(30)34(31)28-6-4-3-5-7-28/h2-21,30,32H,1H2. The molecule has 1 aliphatic carbocycles. The predicted molar refractivity (Wildman–Crippen MR) is 146 cm³/mol. The quantitative estimate of drug-likeness (QED) is 0.295. The van der Waals surface area contributed by atoms with E-state index < -0.39 is 0 Å². The van der Waals surface area contributed by atoms with Gasteiger partial charge in [-0.15, -0.1) is 0 Å². The van der Waals surface area contributed by atoms with Crippen molar-refractivity contribution in [1.82, 2.24) is 0 Å². The third kappa shape index (κ3) is 3.59. The summed E-state index contributed by atoms with van der Waals surface area (Å²) in [5.74, 6) is 0.262. The molecule has 2 heteroatoms. The Morgan fingerprint density at radius 1 is 0.765 bits per heavy atom. The molecule has 0 amide bonds. The fraction of sp³-hybridized carbons (Fsp3) is 0.0625. The highest BCUT2D eigenvalue weighted by molar-refractivity contribution is 6.30. The van der Waals surface area contributed by atoms with Crippen LogP contribution in [0, 0.1) is 0 Å². The number of allylic oxidation sites excluding steroid dienone is 2. The van der Waals surface area contributed by atoms with E-state index in [1.807, 2.05) is 18.2 Å². The molecule has 2 atom stereocenters. The van der Waals surface area contributed by atoms with Gasteiger partial charge in [-0.3, -0.25) is 0 Å². The second-order valence-corrected chi connectivity index (χ2v) is 9.25. The van der Waals surface area contributed by atoms with Crippen LogP contribution in [0.4, 0.5) is 11.4 Å². The number of hydrogen-bond donors (Lipinski definition) is 0. The molecule has 1 nitrogen and oxygen atoms in total. The van der Waals surface area contributed by atoms with E-state index in [1.165, 1.54) is 39.2 Å². The third-order valence-corrected chi connectivity index (χ3v) is 7.09. The molecule has 2 aliphatic rings. The Hall–Kier alpha value is -3.81. The van der Waals surface area contributed by atoms with Crippen molar-refractivity contribution in [2.45, 2.75) is 12.0 Å². The van der Waals surface area contributed by atoms with E-state index in [2.05, 4.69) is 115 Å². The monoisotopic (exact) mass is 457 g/mol. The molecule has 0 spiro atoms. The van der Waals surface area contributed by atoms with Gasteiger partial charge in [0.25, 0.3) is 0 Å². The van der Waals surface area contributed by atoms with E-state index in [-0.39, 0.29) is 12.0 Å². The largest absolute Gasteiger partial charge is 0.333 e. The zero-order valence-corrected chi connectivity index (χ0v) is 19.5. The lowest BCUT2D eigenvalue weighted by Gasteiger charge is -2.29. The lowest BCUT2D eigenvalue weighted by molar-refractivity contribution is 0.747. The van der Waals surface area contributed by atoms with E-state index in [9.17, 15) is 0 Å².